The molecule has 1 aromatic rings. The highest BCUT2D eigenvalue weighted by atomic mass is 32.2. The van der Waals surface area contributed by atoms with Gasteiger partial charge in [0.2, 0.25) is 10.0 Å². The molecule has 0 aliphatic rings. The van der Waals surface area contributed by atoms with Crippen molar-refractivity contribution in [1.82, 2.24) is 9.71 Å². The molecule has 1 rings (SSSR count). The second kappa shape index (κ2) is 6.82. The molecule has 0 aromatic carbocycles. The van der Waals surface area contributed by atoms with E-state index in [2.05, 4.69) is 37.4 Å². The van der Waals surface area contributed by atoms with Gasteiger partial charge in [-0.2, -0.15) is 5.26 Å². The summed E-state index contributed by atoms with van der Waals surface area (Å²) in [7, 11) is -3.70. The summed E-state index contributed by atoms with van der Waals surface area (Å²) in [6, 6.07) is 4.71. The van der Waals surface area contributed by atoms with E-state index in [9.17, 15) is 8.42 Å². The van der Waals surface area contributed by atoms with Crippen LogP contribution in [0.1, 0.15) is 33.4 Å². The summed E-state index contributed by atoms with van der Waals surface area (Å²) in [5, 5.41) is 8.93. The molecule has 6 heteroatoms. The van der Waals surface area contributed by atoms with Gasteiger partial charge in [-0.05, 0) is 29.9 Å². The van der Waals surface area contributed by atoms with E-state index in [1.165, 1.54) is 18.3 Å². The molecule has 1 N–H and O–H groups in total. The second-order valence-corrected chi connectivity index (χ2v) is 7.20. The molecule has 0 fully saturated rings. The molecule has 0 atom stereocenters. The first-order valence-electron chi connectivity index (χ1n) is 6.64. The summed E-state index contributed by atoms with van der Waals surface area (Å²) in [4.78, 5) is 3.72. The minimum absolute atomic E-state index is 0.0613. The lowest BCUT2D eigenvalue weighted by atomic mass is 9.86. The zero-order valence-electron chi connectivity index (χ0n) is 12.3. The van der Waals surface area contributed by atoms with Crippen molar-refractivity contribution in [3.63, 3.8) is 0 Å². The average Bonchev–Trinajstić information content (AvgIpc) is 2.37. The van der Waals surface area contributed by atoms with Gasteiger partial charge >= 0.3 is 0 Å². The van der Waals surface area contributed by atoms with Gasteiger partial charge in [-0.1, -0.05) is 27.7 Å². The predicted octanol–water partition coefficient (Wildman–Crippen LogP) is 2.16. The Morgan fingerprint density at radius 1 is 1.30 bits per heavy atom. The first-order valence-corrected chi connectivity index (χ1v) is 8.12. The maximum atomic E-state index is 12.3. The van der Waals surface area contributed by atoms with Crippen molar-refractivity contribution in [3.8, 4) is 6.07 Å². The summed E-state index contributed by atoms with van der Waals surface area (Å²) in [6.07, 6.45) is 1.41. The van der Waals surface area contributed by atoms with Gasteiger partial charge in [0, 0.05) is 12.7 Å². The number of aromatic nitrogens is 1. The van der Waals surface area contributed by atoms with Crippen LogP contribution in [0.3, 0.4) is 0 Å². The van der Waals surface area contributed by atoms with Crippen molar-refractivity contribution < 1.29 is 8.42 Å². The lowest BCUT2D eigenvalue weighted by molar-refractivity contribution is 0.289. The van der Waals surface area contributed by atoms with E-state index >= 15 is 0 Å². The maximum Gasteiger partial charge on any atom is 0.243 e. The Morgan fingerprint density at radius 3 is 2.40 bits per heavy atom. The monoisotopic (exact) mass is 295 g/mol. The van der Waals surface area contributed by atoms with E-state index in [4.69, 9.17) is 5.26 Å². The first-order chi connectivity index (χ1) is 9.29. The quantitative estimate of drug-likeness (QED) is 0.871. The number of pyridine rings is 1. The van der Waals surface area contributed by atoms with Crippen LogP contribution in [-0.4, -0.2) is 19.9 Å². The summed E-state index contributed by atoms with van der Waals surface area (Å²) in [6.45, 7) is 8.65. The molecule has 0 saturated carbocycles. The molecular formula is C14H21N3O2S. The number of nitrogens with zero attached hydrogens (tertiary/aromatic N) is 2. The minimum Gasteiger partial charge on any atom is -0.244 e. The van der Waals surface area contributed by atoms with Crippen LogP contribution in [0.15, 0.2) is 23.2 Å². The van der Waals surface area contributed by atoms with Gasteiger partial charge in [0.15, 0.2) is 5.69 Å². The van der Waals surface area contributed by atoms with Gasteiger partial charge in [0.05, 0.1) is 0 Å². The molecule has 0 unspecified atom stereocenters. The van der Waals surface area contributed by atoms with Crippen LogP contribution in [0, 0.1) is 29.1 Å². The van der Waals surface area contributed by atoms with Crippen molar-refractivity contribution in [1.29, 1.82) is 5.26 Å². The molecule has 5 nitrogen and oxygen atoms in total. The van der Waals surface area contributed by atoms with Crippen molar-refractivity contribution in [3.05, 3.63) is 24.0 Å². The number of hydrogen-bond acceptors (Lipinski definition) is 4. The largest absolute Gasteiger partial charge is 0.244 e. The summed E-state index contributed by atoms with van der Waals surface area (Å²) in [5.74, 6) is 0.996. The number of nitrogens with one attached hydrogen (secondary N) is 1. The summed E-state index contributed by atoms with van der Waals surface area (Å²) >= 11 is 0. The van der Waals surface area contributed by atoms with Crippen LogP contribution in [0.2, 0.25) is 0 Å². The average molecular weight is 295 g/mol. The number of hydrogen-bond donors (Lipinski definition) is 1. The number of nitriles is 1. The van der Waals surface area contributed by atoms with Gasteiger partial charge in [0.1, 0.15) is 11.0 Å². The maximum absolute atomic E-state index is 12.3. The second-order valence-electron chi connectivity index (χ2n) is 5.47. The van der Waals surface area contributed by atoms with E-state index in [0.29, 0.717) is 18.4 Å². The Kier molecular flexibility index (Phi) is 5.66. The molecule has 110 valence electrons. The van der Waals surface area contributed by atoms with Crippen LogP contribution in [0.25, 0.3) is 0 Å². The highest BCUT2D eigenvalue weighted by Gasteiger charge is 2.23. The van der Waals surface area contributed by atoms with E-state index < -0.39 is 10.0 Å². The SMILES string of the molecule is CC(C)C(CNS(=O)(=O)c1cccnc1C#N)C(C)C. The Labute approximate surface area is 121 Å². The van der Waals surface area contributed by atoms with Gasteiger partial charge in [0.25, 0.3) is 0 Å². The topological polar surface area (TPSA) is 82.8 Å². The fourth-order valence-corrected chi connectivity index (χ4v) is 3.39. The van der Waals surface area contributed by atoms with Crippen LogP contribution in [0.5, 0.6) is 0 Å². The van der Waals surface area contributed by atoms with E-state index in [1.54, 1.807) is 6.07 Å². The normalized spacial score (nSPS) is 12.1. The fourth-order valence-electron chi connectivity index (χ4n) is 2.22. The Hall–Kier alpha value is -1.45. The highest BCUT2D eigenvalue weighted by Crippen LogP contribution is 2.20. The third-order valence-corrected chi connectivity index (χ3v) is 4.84. The number of rotatable bonds is 6. The first kappa shape index (κ1) is 16.6. The third-order valence-electron chi connectivity index (χ3n) is 3.39. The van der Waals surface area contributed by atoms with Crippen molar-refractivity contribution in [2.45, 2.75) is 32.6 Å². The fraction of sp³-hybridized carbons (Fsp3) is 0.571. The van der Waals surface area contributed by atoms with Gasteiger partial charge < -0.3 is 0 Å². The predicted molar refractivity (Wildman–Crippen MR) is 77.3 cm³/mol. The number of sulfonamides is 1. The van der Waals surface area contributed by atoms with Crippen molar-refractivity contribution >= 4 is 10.0 Å². The van der Waals surface area contributed by atoms with Gasteiger partial charge in [-0.15, -0.1) is 0 Å². The summed E-state index contributed by atoms with van der Waals surface area (Å²) in [5.41, 5.74) is -0.0781. The van der Waals surface area contributed by atoms with E-state index in [0.717, 1.165) is 0 Å². The molecule has 0 spiro atoms. The van der Waals surface area contributed by atoms with Crippen LogP contribution in [0.4, 0.5) is 0 Å². The standard InChI is InChI=1S/C14H21N3O2S/c1-10(2)12(11(3)4)9-17-20(18,19)14-6-5-7-16-13(14)8-15/h5-7,10-12,17H,9H2,1-4H3. The zero-order valence-corrected chi connectivity index (χ0v) is 13.1. The van der Waals surface area contributed by atoms with E-state index in [-0.39, 0.29) is 16.5 Å². The molecule has 0 radical (unpaired) electrons. The van der Waals surface area contributed by atoms with E-state index in [1.807, 2.05) is 0 Å². The third kappa shape index (κ3) is 4.02. The Morgan fingerprint density at radius 2 is 1.90 bits per heavy atom. The van der Waals surface area contributed by atoms with Gasteiger partial charge in [-0.3, -0.25) is 0 Å². The molecule has 20 heavy (non-hydrogen) atoms. The molecule has 0 saturated heterocycles. The summed E-state index contributed by atoms with van der Waals surface area (Å²) < 4.78 is 27.1. The van der Waals surface area contributed by atoms with Crippen molar-refractivity contribution in [2.75, 3.05) is 6.54 Å². The molecule has 0 aliphatic heterocycles. The van der Waals surface area contributed by atoms with Crippen molar-refractivity contribution in [2.24, 2.45) is 17.8 Å². The highest BCUT2D eigenvalue weighted by molar-refractivity contribution is 7.89. The van der Waals surface area contributed by atoms with Gasteiger partial charge in [-0.25, -0.2) is 18.1 Å². The lowest BCUT2D eigenvalue weighted by Crippen LogP contribution is -2.34. The Balaban J connectivity index is 2.94. The molecule has 0 aliphatic carbocycles. The minimum atomic E-state index is -3.70. The molecule has 0 bridgehead atoms. The lowest BCUT2D eigenvalue weighted by Gasteiger charge is -2.25. The molecule has 1 aromatic heterocycles. The molecule has 1 heterocycles. The van der Waals surface area contributed by atoms with Crippen LogP contribution >= 0.6 is 0 Å². The van der Waals surface area contributed by atoms with Crippen LogP contribution < -0.4 is 4.72 Å². The zero-order chi connectivity index (χ0) is 15.3. The Bertz CT molecular complexity index is 581. The smallest absolute Gasteiger partial charge is 0.243 e. The molecule has 0 amide bonds. The molecular weight excluding hydrogens is 274 g/mol. The van der Waals surface area contributed by atoms with Crippen LogP contribution in [-0.2, 0) is 10.0 Å².